The zero-order chi connectivity index (χ0) is 16.9. The molecule has 1 aliphatic rings. The number of aromatic nitrogens is 2. The Bertz CT molecular complexity index is 1090. The molecule has 1 aliphatic heterocycles. The van der Waals surface area contributed by atoms with Crippen LogP contribution < -0.4 is 15.3 Å². The number of fused-ring (bicyclic) bond motifs is 2. The summed E-state index contributed by atoms with van der Waals surface area (Å²) in [5, 5.41) is 2.65. The first-order valence-corrected chi connectivity index (χ1v) is 7.89. The summed E-state index contributed by atoms with van der Waals surface area (Å²) in [7, 11) is 0. The summed E-state index contributed by atoms with van der Waals surface area (Å²) >= 11 is 0. The van der Waals surface area contributed by atoms with Crippen LogP contribution in [0.25, 0.3) is 17.0 Å². The van der Waals surface area contributed by atoms with Crippen molar-refractivity contribution in [3.05, 3.63) is 84.0 Å². The van der Waals surface area contributed by atoms with E-state index in [1.165, 1.54) is 6.33 Å². The van der Waals surface area contributed by atoms with E-state index >= 15 is 0 Å². The van der Waals surface area contributed by atoms with Crippen LogP contribution in [0.5, 0.6) is 5.75 Å². The number of ether oxygens (including phenoxy) is 2. The number of hydrogen-bond donors (Lipinski definition) is 0. The van der Waals surface area contributed by atoms with Gasteiger partial charge in [-0.25, -0.2) is 15.0 Å². The second-order valence-electron chi connectivity index (χ2n) is 5.36. The van der Waals surface area contributed by atoms with E-state index in [-0.39, 0.29) is 0 Å². The van der Waals surface area contributed by atoms with Gasteiger partial charge in [-0.2, -0.15) is 0 Å². The lowest BCUT2D eigenvalue weighted by molar-refractivity contribution is 0.300. The van der Waals surface area contributed by atoms with Crippen LogP contribution >= 0.6 is 0 Å². The van der Waals surface area contributed by atoms with Crippen molar-refractivity contribution in [1.29, 1.82) is 0 Å². The maximum absolute atomic E-state index is 5.62. The molecule has 2 bridgehead atoms. The van der Waals surface area contributed by atoms with Crippen molar-refractivity contribution in [3.63, 3.8) is 0 Å². The van der Waals surface area contributed by atoms with Gasteiger partial charge in [-0.05, 0) is 47.7 Å². The first kappa shape index (κ1) is 15.1. The lowest BCUT2D eigenvalue weighted by atomic mass is 10.2. The first-order chi connectivity index (χ1) is 12.4. The van der Waals surface area contributed by atoms with E-state index in [4.69, 9.17) is 14.5 Å². The van der Waals surface area contributed by atoms with Crippen molar-refractivity contribution < 1.29 is 9.47 Å². The molecule has 0 amide bonds. The average molecular weight is 329 g/mol. The monoisotopic (exact) mass is 329 g/mol. The summed E-state index contributed by atoms with van der Waals surface area (Å²) < 4.78 is 11.1. The van der Waals surface area contributed by atoms with Gasteiger partial charge >= 0.3 is 0 Å². The molecular formula is C20H15N3O2. The molecule has 2 aromatic carbocycles. The van der Waals surface area contributed by atoms with Gasteiger partial charge in [-0.1, -0.05) is 18.2 Å². The highest BCUT2D eigenvalue weighted by molar-refractivity contribution is 5.88. The van der Waals surface area contributed by atoms with E-state index in [0.29, 0.717) is 18.2 Å². The Morgan fingerprint density at radius 2 is 1.84 bits per heavy atom. The van der Waals surface area contributed by atoms with Crippen LogP contribution in [0.2, 0.25) is 0 Å². The van der Waals surface area contributed by atoms with Crippen LogP contribution in [-0.2, 0) is 4.74 Å². The molecule has 4 rings (SSSR count). The van der Waals surface area contributed by atoms with E-state index in [9.17, 15) is 0 Å². The molecule has 0 N–H and O–H groups in total. The summed E-state index contributed by atoms with van der Waals surface area (Å²) in [6, 6.07) is 13.5. The molecule has 0 aliphatic carbocycles. The Hall–Kier alpha value is -3.47. The average Bonchev–Trinajstić information content (AvgIpc) is 2.65. The second-order valence-corrected chi connectivity index (χ2v) is 5.36. The predicted octanol–water partition coefficient (Wildman–Crippen LogP) is 2.80. The number of allylic oxidation sites excluding steroid dienone is 2. The Labute approximate surface area is 144 Å². The van der Waals surface area contributed by atoms with Gasteiger partial charge in [0.05, 0.1) is 23.4 Å². The number of nitrogens with zero attached hydrogens (tertiary/aromatic N) is 3. The van der Waals surface area contributed by atoms with Gasteiger partial charge in [-0.3, -0.25) is 0 Å². The third-order valence-electron chi connectivity index (χ3n) is 3.72. The summed E-state index contributed by atoms with van der Waals surface area (Å²) in [4.78, 5) is 13.4. The van der Waals surface area contributed by atoms with Crippen LogP contribution in [-0.4, -0.2) is 16.6 Å². The topological polar surface area (TPSA) is 56.6 Å². The molecule has 122 valence electrons. The molecule has 0 unspecified atom stereocenters. The van der Waals surface area contributed by atoms with Crippen molar-refractivity contribution in [2.75, 3.05) is 6.61 Å². The maximum atomic E-state index is 5.62. The summed E-state index contributed by atoms with van der Waals surface area (Å²) in [5.41, 5.74) is 0.819. The highest BCUT2D eigenvalue weighted by Gasteiger charge is 2.04. The van der Waals surface area contributed by atoms with E-state index in [1.54, 1.807) is 24.7 Å². The number of hydrogen-bond acceptors (Lipinski definition) is 5. The highest BCUT2D eigenvalue weighted by atomic mass is 16.5. The van der Waals surface area contributed by atoms with E-state index in [1.807, 2.05) is 48.5 Å². The molecule has 2 heterocycles. The Balaban J connectivity index is 1.98. The summed E-state index contributed by atoms with van der Waals surface area (Å²) in [6.45, 7) is 0.449. The smallest absolute Gasteiger partial charge is 0.163 e. The van der Waals surface area contributed by atoms with Crippen LogP contribution in [0, 0.1) is 0 Å². The van der Waals surface area contributed by atoms with E-state index < -0.39 is 0 Å². The number of para-hydroxylation sites is 1. The molecule has 0 spiro atoms. The molecule has 5 nitrogen and oxygen atoms in total. The lowest BCUT2D eigenvalue weighted by Gasteiger charge is -2.04. The predicted molar refractivity (Wildman–Crippen MR) is 95.7 cm³/mol. The van der Waals surface area contributed by atoms with Crippen LogP contribution in [0.15, 0.2) is 78.5 Å². The molecule has 0 saturated heterocycles. The van der Waals surface area contributed by atoms with Gasteiger partial charge in [0.15, 0.2) is 5.82 Å². The molecule has 1 aromatic heterocycles. The SMILES string of the molecule is C1=c2/cccc/c2=N\c2ncnc3ccc(cc23)O/C=C/C=C/OC/1. The largest absolute Gasteiger partial charge is 0.497 e. The minimum Gasteiger partial charge on any atom is -0.497 e. The number of rotatable bonds is 0. The maximum Gasteiger partial charge on any atom is 0.163 e. The molecule has 5 heteroatoms. The van der Waals surface area contributed by atoms with Crippen molar-refractivity contribution >= 4 is 22.8 Å². The van der Waals surface area contributed by atoms with Crippen molar-refractivity contribution in [3.8, 4) is 5.75 Å². The standard InChI is InChI=1S/C20H15N3O2/c1-2-6-18-15(5-1)9-12-24-10-3-4-11-25-16-7-8-19-17(13-16)20(23-18)22-14-21-19/h1-11,13-14H,12H2/b10-3+,11-4+,15-9-,23-18+. The molecule has 3 aromatic rings. The molecule has 0 radical (unpaired) electrons. The normalized spacial score (nSPS) is 18.9. The third kappa shape index (κ3) is 3.40. The van der Waals surface area contributed by atoms with Gasteiger partial charge in [-0.15, -0.1) is 0 Å². The van der Waals surface area contributed by atoms with Crippen LogP contribution in [0.4, 0.5) is 5.82 Å². The quantitative estimate of drug-likeness (QED) is 0.636. The Kier molecular flexibility index (Phi) is 4.20. The van der Waals surface area contributed by atoms with Crippen LogP contribution in [0.3, 0.4) is 0 Å². The Morgan fingerprint density at radius 3 is 2.84 bits per heavy atom. The van der Waals surface area contributed by atoms with E-state index in [0.717, 1.165) is 21.5 Å². The van der Waals surface area contributed by atoms with Crippen molar-refractivity contribution in [2.24, 2.45) is 4.99 Å². The molecule has 0 atom stereocenters. The van der Waals surface area contributed by atoms with Crippen LogP contribution in [0.1, 0.15) is 0 Å². The molecule has 0 saturated carbocycles. The fourth-order valence-corrected chi connectivity index (χ4v) is 2.52. The van der Waals surface area contributed by atoms with E-state index in [2.05, 4.69) is 9.97 Å². The van der Waals surface area contributed by atoms with Gasteiger partial charge in [0.25, 0.3) is 0 Å². The highest BCUT2D eigenvalue weighted by Crippen LogP contribution is 2.25. The minimum atomic E-state index is 0.449. The molecule has 25 heavy (non-hydrogen) atoms. The Morgan fingerprint density at radius 1 is 0.920 bits per heavy atom. The molecule has 0 fully saturated rings. The van der Waals surface area contributed by atoms with Gasteiger partial charge in [0.1, 0.15) is 18.7 Å². The second kappa shape index (κ2) is 6.97. The lowest BCUT2D eigenvalue weighted by Crippen LogP contribution is -2.24. The fraction of sp³-hybridized carbons (Fsp3) is 0.0500. The van der Waals surface area contributed by atoms with Crippen molar-refractivity contribution in [1.82, 2.24) is 9.97 Å². The zero-order valence-corrected chi connectivity index (χ0v) is 13.4. The summed E-state index contributed by atoms with van der Waals surface area (Å²) in [5.74, 6) is 1.30. The number of benzene rings is 2. The van der Waals surface area contributed by atoms with Gasteiger partial charge in [0.2, 0.25) is 0 Å². The fourth-order valence-electron chi connectivity index (χ4n) is 2.52. The first-order valence-electron chi connectivity index (χ1n) is 7.89. The zero-order valence-electron chi connectivity index (χ0n) is 13.4. The van der Waals surface area contributed by atoms with Gasteiger partial charge < -0.3 is 9.47 Å². The minimum absolute atomic E-state index is 0.449. The molecular weight excluding hydrogens is 314 g/mol. The third-order valence-corrected chi connectivity index (χ3v) is 3.72. The van der Waals surface area contributed by atoms with Crippen molar-refractivity contribution in [2.45, 2.75) is 0 Å². The summed E-state index contributed by atoms with van der Waals surface area (Å²) in [6.07, 6.45) is 10.3. The van der Waals surface area contributed by atoms with Gasteiger partial charge in [0, 0.05) is 5.39 Å².